The van der Waals surface area contributed by atoms with Gasteiger partial charge in [0, 0.05) is 32.0 Å². The van der Waals surface area contributed by atoms with Crippen molar-refractivity contribution in [3.05, 3.63) is 0 Å². The first-order valence-electron chi connectivity index (χ1n) is 5.01. The highest BCUT2D eigenvalue weighted by Crippen LogP contribution is 2.30. The fraction of sp³-hybridized carbons (Fsp3) is 0.900. The molecule has 2 aliphatic rings. The molecule has 2 heteroatoms. The maximum Gasteiger partial charge on any atom is 0.138 e. The van der Waals surface area contributed by atoms with E-state index in [4.69, 9.17) is 0 Å². The van der Waals surface area contributed by atoms with Crippen molar-refractivity contribution in [3.63, 3.8) is 0 Å². The van der Waals surface area contributed by atoms with Gasteiger partial charge in [-0.15, -0.1) is 0 Å². The molecule has 0 radical (unpaired) electrons. The van der Waals surface area contributed by atoms with Crippen LogP contribution in [0.2, 0.25) is 0 Å². The standard InChI is InChI=1S/C10H17NO/c1-8-6-11(5-4-10(8)12)7-9-2-3-9/h8-9H,2-7H2,1H3. The molecule has 68 valence electrons. The van der Waals surface area contributed by atoms with E-state index in [0.717, 1.165) is 25.4 Å². The van der Waals surface area contributed by atoms with Gasteiger partial charge in [-0.05, 0) is 18.8 Å². The summed E-state index contributed by atoms with van der Waals surface area (Å²) in [6, 6.07) is 0. The van der Waals surface area contributed by atoms with Gasteiger partial charge in [-0.1, -0.05) is 6.92 Å². The van der Waals surface area contributed by atoms with E-state index in [2.05, 4.69) is 11.8 Å². The Morgan fingerprint density at radius 3 is 2.83 bits per heavy atom. The molecule has 12 heavy (non-hydrogen) atoms. The molecule has 0 aromatic carbocycles. The smallest absolute Gasteiger partial charge is 0.138 e. The van der Waals surface area contributed by atoms with Gasteiger partial charge in [-0.25, -0.2) is 0 Å². The molecule has 0 spiro atoms. The number of carbonyl (C=O) groups excluding carboxylic acids is 1. The van der Waals surface area contributed by atoms with Crippen molar-refractivity contribution in [2.45, 2.75) is 26.2 Å². The van der Waals surface area contributed by atoms with Crippen molar-refractivity contribution in [1.82, 2.24) is 4.90 Å². The summed E-state index contributed by atoms with van der Waals surface area (Å²) >= 11 is 0. The monoisotopic (exact) mass is 167 g/mol. The minimum Gasteiger partial charge on any atom is -0.302 e. The molecule has 1 aliphatic heterocycles. The molecule has 0 amide bonds. The predicted octanol–water partition coefficient (Wildman–Crippen LogP) is 1.31. The van der Waals surface area contributed by atoms with Crippen molar-refractivity contribution in [2.75, 3.05) is 19.6 Å². The molecule has 1 heterocycles. The third-order valence-electron chi connectivity index (χ3n) is 2.97. The number of Topliss-reactive ketones (excluding diaryl/α,β-unsaturated/α-hetero) is 1. The van der Waals surface area contributed by atoms with Crippen molar-refractivity contribution in [3.8, 4) is 0 Å². The Kier molecular flexibility index (Phi) is 2.18. The highest BCUT2D eigenvalue weighted by Gasteiger charge is 2.28. The van der Waals surface area contributed by atoms with Gasteiger partial charge in [0.1, 0.15) is 5.78 Å². The zero-order valence-corrected chi connectivity index (χ0v) is 7.75. The molecule has 1 atom stereocenters. The van der Waals surface area contributed by atoms with Crippen LogP contribution in [0.3, 0.4) is 0 Å². The Bertz CT molecular complexity index is 186. The van der Waals surface area contributed by atoms with E-state index >= 15 is 0 Å². The molecule has 2 rings (SSSR count). The third kappa shape index (κ3) is 1.86. The Balaban J connectivity index is 1.80. The van der Waals surface area contributed by atoms with Crippen LogP contribution < -0.4 is 0 Å². The minimum atomic E-state index is 0.289. The number of hydrogen-bond acceptors (Lipinski definition) is 2. The second-order valence-electron chi connectivity index (χ2n) is 4.32. The van der Waals surface area contributed by atoms with E-state index in [1.807, 2.05) is 0 Å². The van der Waals surface area contributed by atoms with Crippen LogP contribution >= 0.6 is 0 Å². The van der Waals surface area contributed by atoms with E-state index in [1.54, 1.807) is 0 Å². The summed E-state index contributed by atoms with van der Waals surface area (Å²) in [5.74, 6) is 1.71. The Morgan fingerprint density at radius 1 is 1.50 bits per heavy atom. The topological polar surface area (TPSA) is 20.3 Å². The number of carbonyl (C=O) groups is 1. The van der Waals surface area contributed by atoms with Crippen molar-refractivity contribution in [2.24, 2.45) is 11.8 Å². The minimum absolute atomic E-state index is 0.289. The van der Waals surface area contributed by atoms with E-state index in [-0.39, 0.29) is 5.92 Å². The lowest BCUT2D eigenvalue weighted by molar-refractivity contribution is -0.125. The van der Waals surface area contributed by atoms with Gasteiger partial charge in [-0.3, -0.25) is 4.79 Å². The average Bonchev–Trinajstić information content (AvgIpc) is 2.81. The molecule has 2 fully saturated rings. The molecule has 0 aromatic rings. The van der Waals surface area contributed by atoms with Gasteiger partial charge < -0.3 is 4.90 Å². The van der Waals surface area contributed by atoms with E-state index in [0.29, 0.717) is 5.78 Å². The summed E-state index contributed by atoms with van der Waals surface area (Å²) in [4.78, 5) is 13.7. The molecule has 1 unspecified atom stereocenters. The quantitative estimate of drug-likeness (QED) is 0.618. The maximum absolute atomic E-state index is 11.2. The summed E-state index contributed by atoms with van der Waals surface area (Å²) < 4.78 is 0. The molecule has 0 bridgehead atoms. The third-order valence-corrected chi connectivity index (χ3v) is 2.97. The number of hydrogen-bond donors (Lipinski definition) is 0. The van der Waals surface area contributed by atoms with Gasteiger partial charge in [-0.2, -0.15) is 0 Å². The average molecular weight is 167 g/mol. The molecule has 0 N–H and O–H groups in total. The van der Waals surface area contributed by atoms with Gasteiger partial charge in [0.05, 0.1) is 0 Å². The first-order valence-corrected chi connectivity index (χ1v) is 5.01. The lowest BCUT2D eigenvalue weighted by Gasteiger charge is -2.29. The van der Waals surface area contributed by atoms with Crippen molar-refractivity contribution < 1.29 is 4.79 Å². The molecule has 2 nitrogen and oxygen atoms in total. The summed E-state index contributed by atoms with van der Waals surface area (Å²) in [6.07, 6.45) is 3.62. The molecular weight excluding hydrogens is 150 g/mol. The molecule has 1 saturated carbocycles. The largest absolute Gasteiger partial charge is 0.302 e. The Hall–Kier alpha value is -0.370. The lowest BCUT2D eigenvalue weighted by atomic mass is 9.98. The predicted molar refractivity (Wildman–Crippen MR) is 48.0 cm³/mol. The summed E-state index contributed by atoms with van der Waals surface area (Å²) in [5.41, 5.74) is 0. The molecule has 1 saturated heterocycles. The van der Waals surface area contributed by atoms with Crippen LogP contribution in [0.15, 0.2) is 0 Å². The van der Waals surface area contributed by atoms with Crippen LogP contribution in [0.4, 0.5) is 0 Å². The normalized spacial score (nSPS) is 32.4. The van der Waals surface area contributed by atoms with Crippen molar-refractivity contribution in [1.29, 1.82) is 0 Å². The Morgan fingerprint density at radius 2 is 2.25 bits per heavy atom. The lowest BCUT2D eigenvalue weighted by Crippen LogP contribution is -2.40. The maximum atomic E-state index is 11.2. The summed E-state index contributed by atoms with van der Waals surface area (Å²) in [5, 5.41) is 0. The first-order chi connectivity index (χ1) is 5.75. The summed E-state index contributed by atoms with van der Waals surface area (Å²) in [7, 11) is 0. The van der Waals surface area contributed by atoms with Crippen LogP contribution in [-0.4, -0.2) is 30.3 Å². The fourth-order valence-electron chi connectivity index (χ4n) is 1.93. The fourth-order valence-corrected chi connectivity index (χ4v) is 1.93. The SMILES string of the molecule is CC1CN(CC2CC2)CCC1=O. The second kappa shape index (κ2) is 3.17. The van der Waals surface area contributed by atoms with E-state index in [1.165, 1.54) is 19.4 Å². The van der Waals surface area contributed by atoms with Gasteiger partial charge in [0.15, 0.2) is 0 Å². The van der Waals surface area contributed by atoms with Crippen LogP contribution in [0.1, 0.15) is 26.2 Å². The van der Waals surface area contributed by atoms with E-state index < -0.39 is 0 Å². The van der Waals surface area contributed by atoms with Gasteiger partial charge in [0.25, 0.3) is 0 Å². The van der Waals surface area contributed by atoms with Crippen LogP contribution in [0, 0.1) is 11.8 Å². The second-order valence-corrected chi connectivity index (χ2v) is 4.32. The van der Waals surface area contributed by atoms with Crippen LogP contribution in [-0.2, 0) is 4.79 Å². The zero-order chi connectivity index (χ0) is 8.55. The highest BCUT2D eigenvalue weighted by molar-refractivity contribution is 5.81. The molecule has 0 aromatic heterocycles. The van der Waals surface area contributed by atoms with Crippen molar-refractivity contribution >= 4 is 5.78 Å². The summed E-state index contributed by atoms with van der Waals surface area (Å²) in [6.45, 7) is 5.33. The van der Waals surface area contributed by atoms with Crippen LogP contribution in [0.5, 0.6) is 0 Å². The number of ketones is 1. The molecule has 1 aliphatic carbocycles. The Labute approximate surface area is 73.9 Å². The van der Waals surface area contributed by atoms with Crippen LogP contribution in [0.25, 0.3) is 0 Å². The highest BCUT2D eigenvalue weighted by atomic mass is 16.1. The van der Waals surface area contributed by atoms with E-state index in [9.17, 15) is 4.79 Å². The molecular formula is C10H17NO. The number of piperidine rings is 1. The zero-order valence-electron chi connectivity index (χ0n) is 7.75. The number of likely N-dealkylation sites (tertiary alicyclic amines) is 1. The number of rotatable bonds is 2. The first kappa shape index (κ1) is 8.24. The van der Waals surface area contributed by atoms with Gasteiger partial charge >= 0.3 is 0 Å². The van der Waals surface area contributed by atoms with Gasteiger partial charge in [0.2, 0.25) is 0 Å². The number of nitrogens with zero attached hydrogens (tertiary/aromatic N) is 1.